The summed E-state index contributed by atoms with van der Waals surface area (Å²) < 4.78 is 39.1. The number of imide groups is 1. The molecule has 5 saturated carbocycles. The highest BCUT2D eigenvalue weighted by atomic mass is 35.5. The molecule has 15 bridgehead atoms. The Bertz CT molecular complexity index is 5080. The van der Waals surface area contributed by atoms with Crippen LogP contribution in [0.2, 0.25) is 10.0 Å². The zero-order valence-corrected chi connectivity index (χ0v) is 70.8. The number of hydrogen-bond donors (Lipinski definition) is 20. The first-order valence-corrected chi connectivity index (χ1v) is 42.7. The number of aliphatic hydroxyl groups excluding tert-OH is 6. The number of carbonyl (C=O) groups excluding carboxylic acids is 9. The van der Waals surface area contributed by atoms with Gasteiger partial charge in [0.2, 0.25) is 53.0 Å². The van der Waals surface area contributed by atoms with Crippen LogP contribution in [0.4, 0.5) is 0 Å². The zero-order chi connectivity index (χ0) is 89.5. The third kappa shape index (κ3) is 19.7. The summed E-state index contributed by atoms with van der Waals surface area (Å²) in [5, 5.41) is 134. The largest absolute Gasteiger partial charge is 0.508 e. The van der Waals surface area contributed by atoms with Crippen LogP contribution in [0.15, 0.2) is 103 Å². The molecule has 21 N–H and O–H groups in total. The maximum absolute atomic E-state index is 16.7. The lowest BCUT2D eigenvalue weighted by molar-refractivity contribution is -0.286. The number of amides is 9. The SMILES string of the molecule is CCNCCOc1ccc(C(=O)NC(=O)C[C@@H]2NC(=O)[C@H](NC(=O)[C@@H](CC(C)C)NC)[C@H](O)c3ccc(c(Cl)c3)Oc3cc4cc(c3O[C@@H]3C[C@H](CO)[C@@H](O)[C@H](O)[C@H]3O[C@H]3C[C@](C)(N)[C@H](O)[C@H](C)O3)Oc3ccc(cc3Cl)[C@@H](O)[C@@H]3NC(=O)[C@H](NC(=O)[C@@H]4NC2=O)c2ccc(O)c(c2)-c2c(O)cc(O)cc2[C@@H](C(=O)NC2C4CC5CC(C4)CC2C5)NC3=O)cc1. The summed E-state index contributed by atoms with van der Waals surface area (Å²) in [7, 11) is 1.48. The van der Waals surface area contributed by atoms with Gasteiger partial charge in [-0.2, -0.15) is 0 Å². The predicted molar refractivity (Wildman–Crippen MR) is 448 cm³/mol. The summed E-state index contributed by atoms with van der Waals surface area (Å²) in [6.45, 7) is 9.34. The molecule has 11 aliphatic rings. The van der Waals surface area contributed by atoms with E-state index < -0.39 is 215 Å². The van der Waals surface area contributed by atoms with Crippen LogP contribution in [0.1, 0.15) is 161 Å². The van der Waals surface area contributed by atoms with Crippen molar-refractivity contribution >= 4 is 76.4 Å². The minimum atomic E-state index is -2.39. The number of phenols is 3. The summed E-state index contributed by atoms with van der Waals surface area (Å²) in [4.78, 5) is 139. The van der Waals surface area contributed by atoms with Gasteiger partial charge >= 0.3 is 0 Å². The quantitative estimate of drug-likeness (QED) is 0.0479. The standard InChI is InChI=1S/C88H105Cl2N11O24/c1-7-93-18-19-120-50-13-8-41(9-14-50)80(112)95-64(106)34-56-82(114)97-69-47-29-61(122-59-16-11-43(27-53(59)89)73(107)71(86(118)94-56)100-81(113)55(92-6)20-37(2)3)77(124-63-31-48(36-102)75(109)76(110)78(63)125-65-35-88(5,91)79(111)38(4)121-65)62(30-47)123-60-17-12-44(28-54(60)90)74(108)72-87(119)99-70(85(117)96-67-45-22-39-21-40(24-45)25-46(67)23-39)52-32-49(103)33-58(105)66(52)51-26-42(10-15-57(51)104)68(83(115)101-72)98-84(69)116/h8-17,26-30,32-33,37-40,45-46,48,55-56,63,65,67-76,78-79,92-93,102-105,107-111H,7,18-25,31,34-36,91H2,1-6H3,(H,94,118)(H,96,117)(H,97,114)(H,98,116)(H,99,119)(H,100,113)(H,101,115)(H,95,106,112)/t38-,39?,40?,45?,46?,48+,55+,56-,63+,65-,67?,68+,69+,70-,71+,72-,73+,74+,75+,76-,78-,79+,88-/m0/s1. The number of fused-ring (bicyclic) bond motifs is 15. The fraction of sp³-hybridized carbons (Fsp3) is 0.489. The van der Waals surface area contributed by atoms with Crippen LogP contribution in [-0.2, 0) is 47.8 Å². The molecule has 1 saturated heterocycles. The lowest BCUT2D eigenvalue weighted by Crippen LogP contribution is -2.63. The molecule has 0 radical (unpaired) electrons. The van der Waals surface area contributed by atoms with E-state index in [4.69, 9.17) is 57.4 Å². The summed E-state index contributed by atoms with van der Waals surface area (Å²) in [5.74, 6) is -15.0. The van der Waals surface area contributed by atoms with Gasteiger partial charge in [-0.3, -0.25) is 48.5 Å². The molecule has 9 amide bonds. The molecule has 17 rings (SSSR count). The van der Waals surface area contributed by atoms with Crippen molar-refractivity contribution < 1.29 is 118 Å². The summed E-state index contributed by atoms with van der Waals surface area (Å²) in [6, 6.07) is 5.91. The van der Waals surface area contributed by atoms with Crippen molar-refractivity contribution in [2.75, 3.05) is 33.4 Å². The fourth-order valence-corrected chi connectivity index (χ4v) is 19.2. The van der Waals surface area contributed by atoms with Crippen LogP contribution in [0.3, 0.4) is 0 Å². The molecule has 0 spiro atoms. The molecule has 6 aromatic rings. The smallest absolute Gasteiger partial charge is 0.257 e. The van der Waals surface area contributed by atoms with Crippen molar-refractivity contribution in [1.82, 2.24) is 53.2 Å². The van der Waals surface area contributed by atoms with Crippen molar-refractivity contribution in [2.45, 2.75) is 201 Å². The van der Waals surface area contributed by atoms with E-state index >= 15 is 28.8 Å². The van der Waals surface area contributed by atoms with Gasteiger partial charge in [0.1, 0.15) is 108 Å². The van der Waals surface area contributed by atoms with Crippen LogP contribution in [-0.4, -0.2) is 211 Å². The molecule has 35 nitrogen and oxygen atoms in total. The number of halogens is 2. The number of nitrogens with two attached hydrogens (primary N) is 1. The highest BCUT2D eigenvalue weighted by Gasteiger charge is 2.53. The van der Waals surface area contributed by atoms with Gasteiger partial charge in [0.25, 0.3) is 5.91 Å². The first kappa shape index (κ1) is 90.7. The maximum Gasteiger partial charge on any atom is 0.257 e. The van der Waals surface area contributed by atoms with Gasteiger partial charge in [0, 0.05) is 59.8 Å². The van der Waals surface area contributed by atoms with Crippen LogP contribution in [0.5, 0.6) is 51.7 Å². The fourth-order valence-electron chi connectivity index (χ4n) is 18.7. The monoisotopic (exact) mass is 1770 g/mol. The minimum Gasteiger partial charge on any atom is -0.508 e. The number of likely N-dealkylation sites (N-methyl/N-ethyl adjacent to an activating group) is 2. The molecule has 6 heterocycles. The van der Waals surface area contributed by atoms with Gasteiger partial charge in [0.05, 0.1) is 40.8 Å². The van der Waals surface area contributed by atoms with Crippen LogP contribution >= 0.6 is 23.2 Å². The number of rotatable bonds is 20. The summed E-state index contributed by atoms with van der Waals surface area (Å²) in [6.07, 6.45) is -11.9. The van der Waals surface area contributed by atoms with Crippen molar-refractivity contribution in [2.24, 2.45) is 41.2 Å². The Morgan fingerprint density at radius 3 is 1.91 bits per heavy atom. The van der Waals surface area contributed by atoms with Crippen LogP contribution < -0.4 is 77.8 Å². The van der Waals surface area contributed by atoms with Gasteiger partial charge in [-0.25, -0.2) is 0 Å². The van der Waals surface area contributed by atoms with Gasteiger partial charge in [-0.1, -0.05) is 62.2 Å². The number of aliphatic hydroxyl groups is 6. The predicted octanol–water partition coefficient (Wildman–Crippen LogP) is 4.09. The number of carbonyl (C=O) groups is 9. The number of hydrogen-bond acceptors (Lipinski definition) is 27. The lowest BCUT2D eigenvalue weighted by Gasteiger charge is -2.54. The Morgan fingerprint density at radius 1 is 0.672 bits per heavy atom. The molecule has 37 heteroatoms. The van der Waals surface area contributed by atoms with E-state index in [1.165, 1.54) is 62.5 Å². The molecular formula is C88H105Cl2N11O24. The third-order valence-corrected chi connectivity index (χ3v) is 25.6. The van der Waals surface area contributed by atoms with Crippen LogP contribution in [0, 0.1) is 35.5 Å². The Morgan fingerprint density at radius 2 is 1.30 bits per heavy atom. The normalized spacial score (nSPS) is 30.3. The molecule has 0 unspecified atom stereocenters. The van der Waals surface area contributed by atoms with E-state index in [0.717, 1.165) is 86.7 Å². The Kier molecular flexibility index (Phi) is 27.6. The van der Waals surface area contributed by atoms with E-state index in [2.05, 4.69) is 53.2 Å². The molecule has 6 aromatic carbocycles. The Hall–Kier alpha value is -10.5. The molecule has 18 atom stereocenters. The average molecular weight is 1770 g/mol. The Labute approximate surface area is 728 Å². The van der Waals surface area contributed by atoms with Gasteiger partial charge in [-0.15, -0.1) is 0 Å². The first-order chi connectivity index (χ1) is 59.5. The first-order valence-electron chi connectivity index (χ1n) is 41.9. The van der Waals surface area contributed by atoms with E-state index in [1.807, 2.05) is 20.8 Å². The zero-order valence-electron chi connectivity index (χ0n) is 69.3. The van der Waals surface area contributed by atoms with Gasteiger partial charge in [-0.05, 0) is 209 Å². The lowest BCUT2D eigenvalue weighted by atomic mass is 9.54. The molecular weight excluding hydrogens is 1670 g/mol. The van der Waals surface area contributed by atoms with E-state index in [1.54, 1.807) is 6.92 Å². The average Bonchev–Trinajstić information content (AvgIpc) is 0.755. The maximum atomic E-state index is 16.7. The molecule has 6 aliphatic heterocycles. The number of ether oxygens (including phenoxy) is 6. The van der Waals surface area contributed by atoms with Crippen molar-refractivity contribution in [3.05, 3.63) is 147 Å². The van der Waals surface area contributed by atoms with E-state index in [-0.39, 0.29) is 110 Å². The molecule has 5 aliphatic carbocycles. The Balaban J connectivity index is 0.959. The van der Waals surface area contributed by atoms with Gasteiger partial charge in [0.15, 0.2) is 17.8 Å². The number of aromatic hydroxyl groups is 3. The van der Waals surface area contributed by atoms with Crippen molar-refractivity contribution in [3.8, 4) is 62.9 Å². The molecule has 6 fully saturated rings. The highest BCUT2D eigenvalue weighted by Crippen LogP contribution is 2.55. The molecule has 125 heavy (non-hydrogen) atoms. The second-order valence-electron chi connectivity index (χ2n) is 34.5. The summed E-state index contributed by atoms with van der Waals surface area (Å²) >= 11 is 14.6. The third-order valence-electron chi connectivity index (χ3n) is 25.0. The second kappa shape index (κ2) is 38.0. The second-order valence-corrected chi connectivity index (χ2v) is 35.3. The highest BCUT2D eigenvalue weighted by molar-refractivity contribution is 6.32. The minimum absolute atomic E-state index is 0.0594. The number of benzene rings is 6. The van der Waals surface area contributed by atoms with Gasteiger partial charge < -0.3 is 128 Å². The van der Waals surface area contributed by atoms with Crippen LogP contribution in [0.25, 0.3) is 11.1 Å². The molecule has 670 valence electrons. The van der Waals surface area contributed by atoms with Crippen molar-refractivity contribution in [3.63, 3.8) is 0 Å². The topological polar surface area (TPSA) is 537 Å². The number of phenolic OH excluding ortho intramolecular Hbond substituents is 3. The molecule has 0 aromatic heterocycles. The van der Waals surface area contributed by atoms with Crippen molar-refractivity contribution in [1.29, 1.82) is 0 Å². The van der Waals surface area contributed by atoms with E-state index in [0.29, 0.717) is 30.7 Å². The number of nitrogens with one attached hydrogen (secondary N) is 10. The summed E-state index contributed by atoms with van der Waals surface area (Å²) in [5.41, 5.74) is 3.02. The van der Waals surface area contributed by atoms with E-state index in [9.17, 15) is 60.3 Å².